The molecule has 128 valence electrons. The molecule has 0 aliphatic heterocycles. The van der Waals surface area contributed by atoms with Gasteiger partial charge in [0.2, 0.25) is 11.8 Å². The summed E-state index contributed by atoms with van der Waals surface area (Å²) in [5.74, 6) is 0.525. The average molecular weight is 337 g/mol. The topological polar surface area (TPSA) is 58.2 Å². The van der Waals surface area contributed by atoms with Gasteiger partial charge in [-0.1, -0.05) is 38.3 Å². The summed E-state index contributed by atoms with van der Waals surface area (Å²) in [6, 6.07) is 7.88. The van der Waals surface area contributed by atoms with E-state index in [1.54, 1.807) is 0 Å². The van der Waals surface area contributed by atoms with Gasteiger partial charge in [0.25, 0.3) is 0 Å². The van der Waals surface area contributed by atoms with E-state index in [0.717, 1.165) is 24.1 Å². The van der Waals surface area contributed by atoms with Crippen molar-refractivity contribution in [2.45, 2.75) is 52.5 Å². The summed E-state index contributed by atoms with van der Waals surface area (Å²) in [6.45, 7) is 6.18. The molecule has 0 radical (unpaired) electrons. The van der Waals surface area contributed by atoms with Crippen LogP contribution in [0.5, 0.6) is 0 Å². The molecule has 2 N–H and O–H groups in total. The molecule has 5 heteroatoms. The summed E-state index contributed by atoms with van der Waals surface area (Å²) in [4.78, 5) is 23.6. The smallest absolute Gasteiger partial charge is 0.234 e. The molecule has 1 atom stereocenters. The van der Waals surface area contributed by atoms with E-state index < -0.39 is 0 Å². The molecule has 1 aromatic carbocycles. The predicted octanol–water partition coefficient (Wildman–Crippen LogP) is 3.75. The number of benzene rings is 1. The molecule has 0 heterocycles. The Bertz CT molecular complexity index is 506. The van der Waals surface area contributed by atoms with Gasteiger partial charge >= 0.3 is 0 Å². The number of amides is 2. The number of hydrogen-bond acceptors (Lipinski definition) is 3. The van der Waals surface area contributed by atoms with E-state index in [4.69, 9.17) is 0 Å². The molecule has 2 amide bonds. The number of aryl methyl sites for hydroxylation is 1. The maximum atomic E-state index is 11.8. The highest BCUT2D eigenvalue weighted by molar-refractivity contribution is 8.00. The fourth-order valence-corrected chi connectivity index (χ4v) is 2.87. The van der Waals surface area contributed by atoms with Crippen molar-refractivity contribution in [3.05, 3.63) is 29.8 Å². The Kier molecular flexibility index (Phi) is 9.45. The summed E-state index contributed by atoms with van der Waals surface area (Å²) in [5, 5.41) is 5.82. The first-order valence-electron chi connectivity index (χ1n) is 8.25. The van der Waals surface area contributed by atoms with Crippen molar-refractivity contribution in [2.24, 2.45) is 0 Å². The van der Waals surface area contributed by atoms with Crippen LogP contribution in [0, 0.1) is 6.92 Å². The molecule has 0 aromatic heterocycles. The van der Waals surface area contributed by atoms with Gasteiger partial charge in [0, 0.05) is 11.7 Å². The van der Waals surface area contributed by atoms with E-state index in [1.807, 2.05) is 38.1 Å². The van der Waals surface area contributed by atoms with Gasteiger partial charge in [-0.25, -0.2) is 0 Å². The fourth-order valence-electron chi connectivity index (χ4n) is 2.25. The Morgan fingerprint density at radius 3 is 2.61 bits per heavy atom. The van der Waals surface area contributed by atoms with Crippen LogP contribution in [0.4, 0.5) is 5.69 Å². The number of carbonyl (C=O) groups excluding carboxylic acids is 2. The van der Waals surface area contributed by atoms with Crippen molar-refractivity contribution in [1.82, 2.24) is 5.32 Å². The summed E-state index contributed by atoms with van der Waals surface area (Å²) in [6.07, 6.45) is 4.54. The van der Waals surface area contributed by atoms with Crippen LogP contribution >= 0.6 is 11.8 Å². The Balaban J connectivity index is 2.17. The number of anilines is 1. The van der Waals surface area contributed by atoms with Gasteiger partial charge in [-0.2, -0.15) is 0 Å². The molecular weight excluding hydrogens is 308 g/mol. The number of carbonyl (C=O) groups is 2. The second kappa shape index (κ2) is 11.1. The molecular formula is C18H28N2O2S. The van der Waals surface area contributed by atoms with Crippen molar-refractivity contribution < 1.29 is 9.59 Å². The quantitative estimate of drug-likeness (QED) is 0.640. The molecule has 1 unspecified atom stereocenters. The van der Waals surface area contributed by atoms with E-state index in [9.17, 15) is 9.59 Å². The highest BCUT2D eigenvalue weighted by Gasteiger charge is 2.09. The summed E-state index contributed by atoms with van der Waals surface area (Å²) in [7, 11) is 0. The first-order chi connectivity index (χ1) is 11.0. The van der Waals surface area contributed by atoms with Crippen molar-refractivity contribution in [1.29, 1.82) is 0 Å². The van der Waals surface area contributed by atoms with Gasteiger partial charge in [-0.15, -0.1) is 11.8 Å². The molecule has 23 heavy (non-hydrogen) atoms. The lowest BCUT2D eigenvalue weighted by molar-refractivity contribution is -0.119. The van der Waals surface area contributed by atoms with Gasteiger partial charge < -0.3 is 10.6 Å². The molecule has 0 aliphatic rings. The van der Waals surface area contributed by atoms with Crippen molar-refractivity contribution in [2.75, 3.05) is 16.8 Å². The second-order valence-corrected chi connectivity index (χ2v) is 6.86. The van der Waals surface area contributed by atoms with Crippen LogP contribution in [-0.4, -0.2) is 29.4 Å². The van der Waals surface area contributed by atoms with Gasteiger partial charge in [-0.05, 0) is 38.0 Å². The number of thioether (sulfide) groups is 1. The molecule has 1 aromatic rings. The predicted molar refractivity (Wildman–Crippen MR) is 98.9 cm³/mol. The zero-order chi connectivity index (χ0) is 17.1. The molecule has 0 saturated heterocycles. The molecule has 4 nitrogen and oxygen atoms in total. The van der Waals surface area contributed by atoms with E-state index in [-0.39, 0.29) is 23.6 Å². The van der Waals surface area contributed by atoms with E-state index in [2.05, 4.69) is 17.6 Å². The van der Waals surface area contributed by atoms with Gasteiger partial charge in [0.1, 0.15) is 0 Å². The fraction of sp³-hybridized carbons (Fsp3) is 0.556. The number of rotatable bonds is 10. The summed E-state index contributed by atoms with van der Waals surface area (Å²) < 4.78 is 0. The number of unbranched alkanes of at least 4 members (excludes halogenated alkanes) is 2. The van der Waals surface area contributed by atoms with E-state index >= 15 is 0 Å². The van der Waals surface area contributed by atoms with Gasteiger partial charge in [0.15, 0.2) is 0 Å². The molecule has 0 saturated carbocycles. The normalized spacial score (nSPS) is 11.8. The Labute approximate surface area is 143 Å². The van der Waals surface area contributed by atoms with Crippen molar-refractivity contribution in [3.63, 3.8) is 0 Å². The SMILES string of the molecule is CCCCCC(C)NC(=O)CSCC(=O)Nc1cccc(C)c1. The molecule has 0 aliphatic carbocycles. The maximum absolute atomic E-state index is 11.8. The number of hydrogen-bond donors (Lipinski definition) is 2. The third-order valence-electron chi connectivity index (χ3n) is 3.42. The minimum atomic E-state index is -0.0793. The van der Waals surface area contributed by atoms with Crippen LogP contribution in [0.3, 0.4) is 0 Å². The van der Waals surface area contributed by atoms with Crippen molar-refractivity contribution in [3.8, 4) is 0 Å². The minimum Gasteiger partial charge on any atom is -0.353 e. The van der Waals surface area contributed by atoms with Gasteiger partial charge in [0.05, 0.1) is 11.5 Å². The highest BCUT2D eigenvalue weighted by Crippen LogP contribution is 2.10. The van der Waals surface area contributed by atoms with Crippen LogP contribution < -0.4 is 10.6 Å². The monoisotopic (exact) mass is 336 g/mol. The Morgan fingerprint density at radius 2 is 1.91 bits per heavy atom. The van der Waals surface area contributed by atoms with Crippen LogP contribution in [-0.2, 0) is 9.59 Å². The number of nitrogens with one attached hydrogen (secondary N) is 2. The largest absolute Gasteiger partial charge is 0.353 e. The van der Waals surface area contributed by atoms with Crippen molar-refractivity contribution >= 4 is 29.3 Å². The van der Waals surface area contributed by atoms with Crippen LogP contribution in [0.25, 0.3) is 0 Å². The minimum absolute atomic E-state index is 0.00218. The van der Waals surface area contributed by atoms with Crippen LogP contribution in [0.2, 0.25) is 0 Å². The van der Waals surface area contributed by atoms with Crippen LogP contribution in [0.1, 0.15) is 45.1 Å². The molecule has 0 fully saturated rings. The lowest BCUT2D eigenvalue weighted by Crippen LogP contribution is -2.34. The molecule has 0 bridgehead atoms. The molecule has 1 rings (SSSR count). The standard InChI is InChI=1S/C18H28N2O2S/c1-4-5-6-9-15(3)19-17(21)12-23-13-18(22)20-16-10-7-8-14(2)11-16/h7-8,10-11,15H,4-6,9,12-13H2,1-3H3,(H,19,21)(H,20,22). The first kappa shape index (κ1) is 19.6. The third kappa shape index (κ3) is 9.29. The van der Waals surface area contributed by atoms with Crippen LogP contribution in [0.15, 0.2) is 24.3 Å². The van der Waals surface area contributed by atoms with Gasteiger partial charge in [-0.3, -0.25) is 9.59 Å². The zero-order valence-electron chi connectivity index (χ0n) is 14.4. The highest BCUT2D eigenvalue weighted by atomic mass is 32.2. The van der Waals surface area contributed by atoms with E-state index in [1.165, 1.54) is 24.6 Å². The summed E-state index contributed by atoms with van der Waals surface area (Å²) >= 11 is 1.34. The molecule has 0 spiro atoms. The average Bonchev–Trinajstić information content (AvgIpc) is 2.47. The first-order valence-corrected chi connectivity index (χ1v) is 9.40. The lowest BCUT2D eigenvalue weighted by Gasteiger charge is -2.13. The Morgan fingerprint density at radius 1 is 1.17 bits per heavy atom. The summed E-state index contributed by atoms with van der Waals surface area (Å²) in [5.41, 5.74) is 1.90. The Hall–Kier alpha value is -1.49. The maximum Gasteiger partial charge on any atom is 0.234 e. The lowest BCUT2D eigenvalue weighted by atomic mass is 10.1. The third-order valence-corrected chi connectivity index (χ3v) is 4.35. The zero-order valence-corrected chi connectivity index (χ0v) is 15.2. The second-order valence-electron chi connectivity index (χ2n) is 5.87. The van der Waals surface area contributed by atoms with E-state index in [0.29, 0.717) is 5.75 Å².